The lowest BCUT2D eigenvalue weighted by Gasteiger charge is -2.13. The molecule has 0 atom stereocenters. The van der Waals surface area contributed by atoms with Gasteiger partial charge in [-0.2, -0.15) is 0 Å². The third-order valence-electron chi connectivity index (χ3n) is 3.38. The van der Waals surface area contributed by atoms with Gasteiger partial charge in [0.15, 0.2) is 0 Å². The Bertz CT molecular complexity index is 361. The molecule has 0 spiro atoms. The fraction of sp³-hybridized carbons (Fsp3) is 0.571. The number of aryl methyl sites for hydroxylation is 1. The van der Waals surface area contributed by atoms with Crippen LogP contribution in [0.25, 0.3) is 0 Å². The first-order valence-electron chi connectivity index (χ1n) is 6.48. The third-order valence-corrected chi connectivity index (χ3v) is 3.87. The highest BCUT2D eigenvalue weighted by molar-refractivity contribution is 9.10. The number of hydrogen-bond donors (Lipinski definition) is 1. The summed E-state index contributed by atoms with van der Waals surface area (Å²) in [5.41, 5.74) is 1.20. The van der Waals surface area contributed by atoms with E-state index in [1.165, 1.54) is 38.0 Å². The van der Waals surface area contributed by atoms with E-state index < -0.39 is 0 Å². The summed E-state index contributed by atoms with van der Waals surface area (Å²) < 4.78 is 6.93. The van der Waals surface area contributed by atoms with E-state index in [-0.39, 0.29) is 0 Å². The molecule has 2 nitrogen and oxygen atoms in total. The van der Waals surface area contributed by atoms with Crippen molar-refractivity contribution in [2.75, 3.05) is 26.2 Å². The average molecular weight is 299 g/mol. The van der Waals surface area contributed by atoms with Crippen molar-refractivity contribution in [3.8, 4) is 5.75 Å². The van der Waals surface area contributed by atoms with Gasteiger partial charge in [-0.25, -0.2) is 0 Å². The van der Waals surface area contributed by atoms with Crippen molar-refractivity contribution in [1.82, 2.24) is 0 Å². The molecular formula is C14H21BrNO+. The van der Waals surface area contributed by atoms with Crippen molar-refractivity contribution >= 4 is 15.9 Å². The fourth-order valence-electron chi connectivity index (χ4n) is 2.40. The predicted molar refractivity (Wildman–Crippen MR) is 73.8 cm³/mol. The molecule has 94 valence electrons. The van der Waals surface area contributed by atoms with Crippen LogP contribution >= 0.6 is 15.9 Å². The molecule has 1 saturated heterocycles. The molecule has 0 amide bonds. The average Bonchev–Trinajstić information content (AvgIpc) is 2.79. The van der Waals surface area contributed by atoms with Crippen LogP contribution in [0.3, 0.4) is 0 Å². The van der Waals surface area contributed by atoms with E-state index in [4.69, 9.17) is 4.74 Å². The maximum atomic E-state index is 5.82. The number of rotatable bonds is 5. The summed E-state index contributed by atoms with van der Waals surface area (Å²) in [5.74, 6) is 1.02. The molecule has 1 aliphatic heterocycles. The molecular weight excluding hydrogens is 278 g/mol. The molecule has 0 aromatic heterocycles. The lowest BCUT2D eigenvalue weighted by atomic mass is 10.2. The van der Waals surface area contributed by atoms with Gasteiger partial charge in [0, 0.05) is 23.7 Å². The summed E-state index contributed by atoms with van der Waals surface area (Å²) in [7, 11) is 0. The Hall–Kier alpha value is -0.540. The lowest BCUT2D eigenvalue weighted by molar-refractivity contribution is -0.887. The largest absolute Gasteiger partial charge is 0.493 e. The number of ether oxygens (including phenoxy) is 1. The molecule has 1 fully saturated rings. The quantitative estimate of drug-likeness (QED) is 0.823. The molecule has 17 heavy (non-hydrogen) atoms. The number of likely N-dealkylation sites (tertiary alicyclic amines) is 1. The van der Waals surface area contributed by atoms with Gasteiger partial charge in [0.1, 0.15) is 5.75 Å². The number of benzene rings is 1. The Balaban J connectivity index is 1.70. The zero-order chi connectivity index (χ0) is 12.1. The first-order chi connectivity index (χ1) is 8.25. The molecule has 3 heteroatoms. The normalized spacial score (nSPS) is 16.4. The molecule has 0 saturated carbocycles. The number of hydrogen-bond acceptors (Lipinski definition) is 1. The molecule has 0 unspecified atom stereocenters. The molecule has 1 heterocycles. The first-order valence-corrected chi connectivity index (χ1v) is 7.27. The van der Waals surface area contributed by atoms with Crippen molar-refractivity contribution in [3.05, 3.63) is 28.2 Å². The fourth-order valence-corrected chi connectivity index (χ4v) is 2.88. The van der Waals surface area contributed by atoms with Crippen LogP contribution < -0.4 is 9.64 Å². The highest BCUT2D eigenvalue weighted by Crippen LogP contribution is 2.22. The highest BCUT2D eigenvalue weighted by Gasteiger charge is 2.14. The lowest BCUT2D eigenvalue weighted by Crippen LogP contribution is -3.10. The zero-order valence-electron chi connectivity index (χ0n) is 10.5. The SMILES string of the molecule is Cc1cc(Br)ccc1OCCC[NH+]1CCCC1. The van der Waals surface area contributed by atoms with E-state index in [0.29, 0.717) is 0 Å². The van der Waals surface area contributed by atoms with Crippen LogP contribution in [-0.2, 0) is 0 Å². The highest BCUT2D eigenvalue weighted by atomic mass is 79.9. The van der Waals surface area contributed by atoms with Gasteiger partial charge < -0.3 is 9.64 Å². The van der Waals surface area contributed by atoms with Crippen LogP contribution in [0.15, 0.2) is 22.7 Å². The van der Waals surface area contributed by atoms with Gasteiger partial charge in [0.05, 0.1) is 26.2 Å². The van der Waals surface area contributed by atoms with Crippen LogP contribution in [0.4, 0.5) is 0 Å². The summed E-state index contributed by atoms with van der Waals surface area (Å²) in [5, 5.41) is 0. The third kappa shape index (κ3) is 4.00. The summed E-state index contributed by atoms with van der Waals surface area (Å²) in [6.07, 6.45) is 3.97. The molecule has 1 aliphatic rings. The van der Waals surface area contributed by atoms with Crippen molar-refractivity contribution in [1.29, 1.82) is 0 Å². The Labute approximate surface area is 112 Å². The molecule has 0 aliphatic carbocycles. The Morgan fingerprint density at radius 1 is 1.29 bits per heavy atom. The topological polar surface area (TPSA) is 13.7 Å². The van der Waals surface area contributed by atoms with Gasteiger partial charge in [0.2, 0.25) is 0 Å². The number of nitrogens with one attached hydrogen (secondary N) is 1. The van der Waals surface area contributed by atoms with Crippen molar-refractivity contribution in [2.45, 2.75) is 26.2 Å². The van der Waals surface area contributed by atoms with Crippen LogP contribution in [0.1, 0.15) is 24.8 Å². The van der Waals surface area contributed by atoms with Gasteiger partial charge in [-0.15, -0.1) is 0 Å². The molecule has 1 N–H and O–H groups in total. The summed E-state index contributed by atoms with van der Waals surface area (Å²) >= 11 is 3.46. The van der Waals surface area contributed by atoms with Crippen molar-refractivity contribution in [2.24, 2.45) is 0 Å². The van der Waals surface area contributed by atoms with Crippen LogP contribution in [0.2, 0.25) is 0 Å². The van der Waals surface area contributed by atoms with E-state index in [9.17, 15) is 0 Å². The summed E-state index contributed by atoms with van der Waals surface area (Å²) in [4.78, 5) is 1.75. The second-order valence-corrected chi connectivity index (χ2v) is 5.73. The van der Waals surface area contributed by atoms with Crippen LogP contribution in [0, 0.1) is 6.92 Å². The summed E-state index contributed by atoms with van der Waals surface area (Å²) in [6, 6.07) is 6.18. The second kappa shape index (κ2) is 6.41. The molecule has 1 aromatic rings. The molecule has 0 radical (unpaired) electrons. The van der Waals surface area contributed by atoms with Gasteiger partial charge in [0.25, 0.3) is 0 Å². The maximum absolute atomic E-state index is 5.82. The van der Waals surface area contributed by atoms with Crippen LogP contribution in [-0.4, -0.2) is 26.2 Å². The van der Waals surface area contributed by atoms with E-state index in [1.807, 2.05) is 12.1 Å². The van der Waals surface area contributed by atoms with E-state index in [0.717, 1.165) is 23.2 Å². The minimum Gasteiger partial charge on any atom is -0.493 e. The smallest absolute Gasteiger partial charge is 0.122 e. The predicted octanol–water partition coefficient (Wildman–Crippen LogP) is 2.21. The molecule has 2 rings (SSSR count). The van der Waals surface area contributed by atoms with Crippen molar-refractivity contribution in [3.63, 3.8) is 0 Å². The second-order valence-electron chi connectivity index (χ2n) is 4.82. The minimum absolute atomic E-state index is 0.839. The van der Waals surface area contributed by atoms with Gasteiger partial charge >= 0.3 is 0 Å². The zero-order valence-corrected chi connectivity index (χ0v) is 12.1. The monoisotopic (exact) mass is 298 g/mol. The number of halogens is 1. The van der Waals surface area contributed by atoms with Crippen LogP contribution in [0.5, 0.6) is 5.75 Å². The molecule has 0 bridgehead atoms. The maximum Gasteiger partial charge on any atom is 0.122 e. The van der Waals surface area contributed by atoms with Gasteiger partial charge in [-0.3, -0.25) is 0 Å². The minimum atomic E-state index is 0.839. The van der Waals surface area contributed by atoms with E-state index in [2.05, 4.69) is 28.9 Å². The Kier molecular flexibility index (Phi) is 4.86. The summed E-state index contributed by atoms with van der Waals surface area (Å²) in [6.45, 7) is 6.90. The first kappa shape index (κ1) is 12.9. The van der Waals surface area contributed by atoms with E-state index in [1.54, 1.807) is 4.90 Å². The Morgan fingerprint density at radius 3 is 2.76 bits per heavy atom. The molecule has 1 aromatic carbocycles. The number of quaternary nitrogens is 1. The standard InChI is InChI=1S/C14H20BrNO/c1-12-11-13(15)5-6-14(12)17-10-4-9-16-7-2-3-8-16/h5-6,11H,2-4,7-10H2,1H3/p+1. The Morgan fingerprint density at radius 2 is 2.06 bits per heavy atom. The van der Waals surface area contributed by atoms with E-state index >= 15 is 0 Å². The van der Waals surface area contributed by atoms with Gasteiger partial charge in [-0.05, 0) is 30.7 Å². The van der Waals surface area contributed by atoms with Crippen molar-refractivity contribution < 1.29 is 9.64 Å². The van der Waals surface area contributed by atoms with Gasteiger partial charge in [-0.1, -0.05) is 15.9 Å².